The van der Waals surface area contributed by atoms with Gasteiger partial charge in [0.15, 0.2) is 11.2 Å². The van der Waals surface area contributed by atoms with E-state index in [1.165, 1.54) is 16.0 Å². The van der Waals surface area contributed by atoms with E-state index in [-0.39, 0.29) is 0 Å². The molecule has 0 unspecified atom stereocenters. The summed E-state index contributed by atoms with van der Waals surface area (Å²) in [6.07, 6.45) is 4.45. The Bertz CT molecular complexity index is 753. The topological polar surface area (TPSA) is 34.4 Å². The summed E-state index contributed by atoms with van der Waals surface area (Å²) in [5.74, 6) is 0. The fraction of sp³-hybridized carbons (Fsp3) is 0.250. The zero-order chi connectivity index (χ0) is 14.1. The van der Waals surface area contributed by atoms with Crippen LogP contribution in [0.4, 0.5) is 0 Å². The van der Waals surface area contributed by atoms with Crippen molar-refractivity contribution in [1.29, 1.82) is 0 Å². The van der Waals surface area contributed by atoms with Crippen LogP contribution < -0.4 is 0 Å². The van der Waals surface area contributed by atoms with Gasteiger partial charge in [-0.05, 0) is 24.5 Å². The van der Waals surface area contributed by atoms with Crippen molar-refractivity contribution in [3.63, 3.8) is 0 Å². The maximum atomic E-state index is 11.0. The average Bonchev–Trinajstić information content (AvgIpc) is 3.01. The van der Waals surface area contributed by atoms with Crippen molar-refractivity contribution in [3.8, 4) is 0 Å². The van der Waals surface area contributed by atoms with Crippen molar-refractivity contribution in [3.05, 3.63) is 57.9 Å². The maximum Gasteiger partial charge on any atom is 0.194 e. The zero-order valence-corrected chi connectivity index (χ0v) is 12.4. The van der Waals surface area contributed by atoms with Gasteiger partial charge < -0.3 is 0 Å². The van der Waals surface area contributed by atoms with Crippen molar-refractivity contribution >= 4 is 22.6 Å². The van der Waals surface area contributed by atoms with Crippen LogP contribution >= 0.6 is 11.3 Å². The number of imidazole rings is 1. The van der Waals surface area contributed by atoms with E-state index in [0.717, 1.165) is 29.8 Å². The predicted molar refractivity (Wildman–Crippen MR) is 81.8 cm³/mol. The average molecular weight is 284 g/mol. The molecule has 0 atom stereocenters. The van der Waals surface area contributed by atoms with Crippen LogP contribution in [0.1, 0.15) is 39.1 Å². The SMILES string of the molecule is CCc1ccc(Cc2sc3ncc(C=O)n3c2C)cc1. The number of rotatable bonds is 4. The minimum Gasteiger partial charge on any atom is -0.296 e. The van der Waals surface area contributed by atoms with Gasteiger partial charge in [-0.3, -0.25) is 9.20 Å². The van der Waals surface area contributed by atoms with Gasteiger partial charge >= 0.3 is 0 Å². The predicted octanol–water partition coefficient (Wildman–Crippen LogP) is 3.67. The molecule has 1 aromatic carbocycles. The fourth-order valence-corrected chi connectivity index (χ4v) is 3.53. The normalized spacial score (nSPS) is 11.1. The number of carbonyl (C=O) groups excluding carboxylic acids is 1. The second-order valence-corrected chi connectivity index (χ2v) is 5.94. The molecule has 0 N–H and O–H groups in total. The van der Waals surface area contributed by atoms with E-state index in [1.54, 1.807) is 17.5 Å². The number of benzene rings is 1. The highest BCUT2D eigenvalue weighted by atomic mass is 32.1. The first-order valence-corrected chi connectivity index (χ1v) is 7.53. The van der Waals surface area contributed by atoms with Crippen molar-refractivity contribution in [2.24, 2.45) is 0 Å². The van der Waals surface area contributed by atoms with Gasteiger partial charge in [0.1, 0.15) is 5.69 Å². The van der Waals surface area contributed by atoms with Gasteiger partial charge in [-0.1, -0.05) is 31.2 Å². The molecule has 0 spiro atoms. The summed E-state index contributed by atoms with van der Waals surface area (Å²) < 4.78 is 1.94. The highest BCUT2D eigenvalue weighted by molar-refractivity contribution is 7.17. The lowest BCUT2D eigenvalue weighted by Crippen LogP contribution is -1.94. The van der Waals surface area contributed by atoms with Gasteiger partial charge in [0.05, 0.1) is 6.20 Å². The third-order valence-electron chi connectivity index (χ3n) is 3.63. The first-order valence-electron chi connectivity index (χ1n) is 6.71. The summed E-state index contributed by atoms with van der Waals surface area (Å²) >= 11 is 1.66. The number of thiazole rings is 1. The van der Waals surface area contributed by atoms with Crippen molar-refractivity contribution < 1.29 is 4.79 Å². The molecule has 20 heavy (non-hydrogen) atoms. The molecule has 3 nitrogen and oxygen atoms in total. The molecule has 3 rings (SSSR count). The molecule has 0 aliphatic rings. The lowest BCUT2D eigenvalue weighted by atomic mass is 10.1. The Labute approximate surface area is 121 Å². The number of nitrogens with zero attached hydrogens (tertiary/aromatic N) is 2. The van der Waals surface area contributed by atoms with Gasteiger partial charge in [0, 0.05) is 17.0 Å². The number of hydrogen-bond donors (Lipinski definition) is 0. The molecule has 4 heteroatoms. The molecule has 3 aromatic rings. The third kappa shape index (κ3) is 2.16. The van der Waals surface area contributed by atoms with Gasteiger partial charge in [0.25, 0.3) is 0 Å². The van der Waals surface area contributed by atoms with Crippen LogP contribution in [0.2, 0.25) is 0 Å². The number of hydrogen-bond acceptors (Lipinski definition) is 3. The number of aryl methyl sites for hydroxylation is 2. The molecule has 2 aromatic heterocycles. The number of aldehydes is 1. The lowest BCUT2D eigenvalue weighted by molar-refractivity contribution is 0.111. The Balaban J connectivity index is 1.95. The van der Waals surface area contributed by atoms with Crippen molar-refractivity contribution in [1.82, 2.24) is 9.38 Å². The Morgan fingerprint density at radius 2 is 1.95 bits per heavy atom. The van der Waals surface area contributed by atoms with E-state index in [0.29, 0.717) is 5.69 Å². The van der Waals surface area contributed by atoms with Crippen LogP contribution in [0.25, 0.3) is 4.96 Å². The van der Waals surface area contributed by atoms with Gasteiger partial charge in [-0.25, -0.2) is 4.98 Å². The van der Waals surface area contributed by atoms with Crippen LogP contribution in [0, 0.1) is 6.92 Å². The first kappa shape index (κ1) is 13.1. The summed E-state index contributed by atoms with van der Waals surface area (Å²) in [4.78, 5) is 17.5. The Kier molecular flexibility index (Phi) is 3.40. The number of aromatic nitrogens is 2. The highest BCUT2D eigenvalue weighted by Crippen LogP contribution is 2.26. The second kappa shape index (κ2) is 5.21. The molecule has 102 valence electrons. The molecule has 0 bridgehead atoms. The second-order valence-electron chi connectivity index (χ2n) is 4.88. The molecule has 0 amide bonds. The van der Waals surface area contributed by atoms with Gasteiger partial charge in [-0.2, -0.15) is 0 Å². The Morgan fingerprint density at radius 3 is 2.60 bits per heavy atom. The zero-order valence-electron chi connectivity index (χ0n) is 11.6. The molecule has 0 aliphatic carbocycles. The van der Waals surface area contributed by atoms with Crippen molar-refractivity contribution in [2.45, 2.75) is 26.7 Å². The quantitative estimate of drug-likeness (QED) is 0.685. The molecular weight excluding hydrogens is 268 g/mol. The van der Waals surface area contributed by atoms with Crippen LogP contribution in [-0.2, 0) is 12.8 Å². The number of carbonyl (C=O) groups is 1. The molecule has 0 aliphatic heterocycles. The van der Waals surface area contributed by atoms with E-state index in [2.05, 4.69) is 36.2 Å². The molecule has 0 fully saturated rings. The summed E-state index contributed by atoms with van der Waals surface area (Å²) in [5, 5.41) is 0. The van der Waals surface area contributed by atoms with E-state index in [9.17, 15) is 4.79 Å². The third-order valence-corrected chi connectivity index (χ3v) is 4.78. The summed E-state index contributed by atoms with van der Waals surface area (Å²) in [5.41, 5.74) is 4.39. The van der Waals surface area contributed by atoms with Crippen molar-refractivity contribution in [2.75, 3.05) is 0 Å². The Morgan fingerprint density at radius 1 is 1.25 bits per heavy atom. The monoisotopic (exact) mass is 284 g/mol. The van der Waals surface area contributed by atoms with E-state index in [4.69, 9.17) is 0 Å². The molecule has 0 saturated carbocycles. The number of fused-ring (bicyclic) bond motifs is 1. The van der Waals surface area contributed by atoms with Gasteiger partial charge in [0.2, 0.25) is 0 Å². The minimum atomic E-state index is 0.626. The van der Waals surface area contributed by atoms with Crippen LogP contribution in [0.15, 0.2) is 30.5 Å². The molecule has 2 heterocycles. The molecule has 0 saturated heterocycles. The van der Waals surface area contributed by atoms with E-state index >= 15 is 0 Å². The largest absolute Gasteiger partial charge is 0.296 e. The van der Waals surface area contributed by atoms with Crippen LogP contribution in [0.5, 0.6) is 0 Å². The fourth-order valence-electron chi connectivity index (χ4n) is 2.39. The smallest absolute Gasteiger partial charge is 0.194 e. The highest BCUT2D eigenvalue weighted by Gasteiger charge is 2.13. The molecule has 0 radical (unpaired) electrons. The lowest BCUT2D eigenvalue weighted by Gasteiger charge is -2.02. The summed E-state index contributed by atoms with van der Waals surface area (Å²) in [7, 11) is 0. The first-order chi connectivity index (χ1) is 9.72. The standard InChI is InChI=1S/C16H16N2OS/c1-3-12-4-6-13(7-5-12)8-15-11(2)18-14(10-19)9-17-16(18)20-15/h4-7,9-10H,3,8H2,1-2H3. The van der Waals surface area contributed by atoms with Crippen LogP contribution in [0.3, 0.4) is 0 Å². The van der Waals surface area contributed by atoms with Crippen LogP contribution in [-0.4, -0.2) is 15.7 Å². The van der Waals surface area contributed by atoms with E-state index < -0.39 is 0 Å². The maximum absolute atomic E-state index is 11.0. The summed E-state index contributed by atoms with van der Waals surface area (Å²) in [6, 6.07) is 8.73. The summed E-state index contributed by atoms with van der Waals surface area (Å²) in [6.45, 7) is 4.21. The minimum absolute atomic E-state index is 0.626. The van der Waals surface area contributed by atoms with E-state index in [1.807, 2.05) is 11.3 Å². The Hall–Kier alpha value is -1.94. The molecular formula is C16H16N2OS. The van der Waals surface area contributed by atoms with Gasteiger partial charge in [-0.15, -0.1) is 11.3 Å².